The Hall–Kier alpha value is -2.22. The topological polar surface area (TPSA) is 95.7 Å². The van der Waals surface area contributed by atoms with Gasteiger partial charge in [0.2, 0.25) is 0 Å². The minimum atomic E-state index is -1.70. The van der Waals surface area contributed by atoms with E-state index in [1.165, 1.54) is 13.8 Å². The third-order valence-corrected chi connectivity index (χ3v) is 2.92. The maximum Gasteiger partial charge on any atom is 0.325 e. The number of esters is 2. The molecule has 1 aromatic carbocycles. The van der Waals surface area contributed by atoms with Gasteiger partial charge in [-0.2, -0.15) is 0 Å². The molecule has 1 aromatic rings. The average Bonchev–Trinajstić information content (AvgIpc) is 2.42. The molecule has 0 amide bonds. The van der Waals surface area contributed by atoms with Crippen molar-refractivity contribution in [3.8, 4) is 0 Å². The van der Waals surface area contributed by atoms with Crippen molar-refractivity contribution in [3.05, 3.63) is 38.7 Å². The Morgan fingerprint density at radius 1 is 1.27 bits per heavy atom. The number of hydrogen-bond donors (Lipinski definition) is 0. The summed E-state index contributed by atoms with van der Waals surface area (Å²) in [7, 11) is 0. The molecule has 0 N–H and O–H groups in total. The van der Waals surface area contributed by atoms with Crippen molar-refractivity contribution < 1.29 is 28.4 Å². The zero-order chi connectivity index (χ0) is 16.9. The summed E-state index contributed by atoms with van der Waals surface area (Å²) in [5.74, 6) is -4.87. The van der Waals surface area contributed by atoms with Crippen molar-refractivity contribution in [1.82, 2.24) is 0 Å². The van der Waals surface area contributed by atoms with Gasteiger partial charge in [-0.05, 0) is 19.9 Å². The number of nitro benzene ring substituents is 1. The molecule has 0 aliphatic carbocycles. The second kappa shape index (κ2) is 7.69. The first-order valence-electron chi connectivity index (χ1n) is 6.30. The van der Waals surface area contributed by atoms with E-state index in [4.69, 9.17) is 21.1 Å². The molecule has 22 heavy (non-hydrogen) atoms. The third kappa shape index (κ3) is 3.91. The van der Waals surface area contributed by atoms with Gasteiger partial charge in [0, 0.05) is 5.56 Å². The number of hydrogen-bond acceptors (Lipinski definition) is 6. The largest absolute Gasteiger partial charge is 0.465 e. The lowest BCUT2D eigenvalue weighted by atomic mass is 9.98. The molecule has 0 aromatic heterocycles. The fourth-order valence-corrected chi connectivity index (χ4v) is 1.96. The summed E-state index contributed by atoms with van der Waals surface area (Å²) in [6, 6.07) is 1.40. The van der Waals surface area contributed by atoms with Crippen molar-refractivity contribution in [2.24, 2.45) is 0 Å². The Labute approximate surface area is 130 Å². The molecular weight excluding hydrogens is 321 g/mol. The molecule has 0 aliphatic rings. The van der Waals surface area contributed by atoms with Crippen LogP contribution in [0, 0.1) is 15.9 Å². The van der Waals surface area contributed by atoms with E-state index in [2.05, 4.69) is 0 Å². The second-order valence-corrected chi connectivity index (χ2v) is 4.43. The molecule has 0 aliphatic heterocycles. The van der Waals surface area contributed by atoms with Crippen molar-refractivity contribution in [2.75, 3.05) is 13.2 Å². The van der Waals surface area contributed by atoms with Gasteiger partial charge in [0.1, 0.15) is 10.8 Å². The predicted octanol–water partition coefficient (Wildman–Crippen LogP) is 2.60. The maximum absolute atomic E-state index is 14.1. The summed E-state index contributed by atoms with van der Waals surface area (Å²) in [5.41, 5.74) is -1.11. The van der Waals surface area contributed by atoms with E-state index in [1.54, 1.807) is 0 Å². The normalized spacial score (nSPS) is 10.4. The van der Waals surface area contributed by atoms with Gasteiger partial charge in [-0.25, -0.2) is 4.39 Å². The Bertz CT molecular complexity index is 588. The Morgan fingerprint density at radius 3 is 2.18 bits per heavy atom. The quantitative estimate of drug-likeness (QED) is 0.343. The van der Waals surface area contributed by atoms with Crippen molar-refractivity contribution >= 4 is 29.2 Å². The SMILES string of the molecule is CCOC(=O)C(C(=O)OCC)c1cc(Cl)c([N+](=O)[O-])cc1F. The number of benzene rings is 1. The molecule has 0 unspecified atom stereocenters. The molecule has 0 fully saturated rings. The summed E-state index contributed by atoms with van der Waals surface area (Å²) < 4.78 is 23.5. The standard InChI is InChI=1S/C13H13ClFNO6/c1-3-21-12(17)11(13(18)22-4-2)7-5-8(14)10(16(19)20)6-9(7)15/h5-6,11H,3-4H2,1-2H3. The second-order valence-electron chi connectivity index (χ2n) is 4.02. The smallest absolute Gasteiger partial charge is 0.325 e. The molecule has 0 saturated heterocycles. The third-order valence-electron chi connectivity index (χ3n) is 2.62. The van der Waals surface area contributed by atoms with Crippen molar-refractivity contribution in [1.29, 1.82) is 0 Å². The highest BCUT2D eigenvalue weighted by atomic mass is 35.5. The molecule has 0 radical (unpaired) electrons. The highest BCUT2D eigenvalue weighted by Gasteiger charge is 2.35. The van der Waals surface area contributed by atoms with E-state index in [-0.39, 0.29) is 13.2 Å². The average molecular weight is 334 g/mol. The van der Waals surface area contributed by atoms with E-state index in [9.17, 15) is 24.1 Å². The number of nitrogens with zero attached hydrogens (tertiary/aromatic N) is 1. The van der Waals surface area contributed by atoms with Crippen LogP contribution in [0.5, 0.6) is 0 Å². The Balaban J connectivity index is 3.36. The van der Waals surface area contributed by atoms with Crippen molar-refractivity contribution in [3.63, 3.8) is 0 Å². The van der Waals surface area contributed by atoms with Crippen LogP contribution in [-0.2, 0) is 19.1 Å². The van der Waals surface area contributed by atoms with E-state index in [0.717, 1.165) is 6.07 Å². The minimum Gasteiger partial charge on any atom is -0.465 e. The van der Waals surface area contributed by atoms with Crippen LogP contribution >= 0.6 is 11.6 Å². The highest BCUT2D eigenvalue weighted by molar-refractivity contribution is 6.32. The molecule has 0 bridgehead atoms. The van der Waals surface area contributed by atoms with Crippen molar-refractivity contribution in [2.45, 2.75) is 19.8 Å². The molecule has 0 saturated carbocycles. The number of rotatable bonds is 6. The first-order chi connectivity index (χ1) is 10.3. The summed E-state index contributed by atoms with van der Waals surface area (Å²) in [6.07, 6.45) is 0. The molecule has 9 heteroatoms. The van der Waals surface area contributed by atoms with Gasteiger partial charge in [0.05, 0.1) is 24.2 Å². The number of nitro groups is 1. The van der Waals surface area contributed by atoms with Crippen LogP contribution in [0.1, 0.15) is 25.3 Å². The lowest BCUT2D eigenvalue weighted by Gasteiger charge is -2.15. The van der Waals surface area contributed by atoms with Gasteiger partial charge in [0.25, 0.3) is 5.69 Å². The number of halogens is 2. The number of ether oxygens (including phenoxy) is 2. The first-order valence-corrected chi connectivity index (χ1v) is 6.67. The van der Waals surface area contributed by atoms with Gasteiger partial charge in [0.15, 0.2) is 5.92 Å². The van der Waals surface area contributed by atoms with E-state index in [0.29, 0.717) is 6.07 Å². The maximum atomic E-state index is 14.1. The molecule has 1 rings (SSSR count). The van der Waals surface area contributed by atoms with E-state index in [1.807, 2.05) is 0 Å². The predicted molar refractivity (Wildman–Crippen MR) is 74.1 cm³/mol. The molecule has 7 nitrogen and oxygen atoms in total. The van der Waals surface area contributed by atoms with Crippen LogP contribution in [0.15, 0.2) is 12.1 Å². The lowest BCUT2D eigenvalue weighted by Crippen LogP contribution is -2.27. The monoisotopic (exact) mass is 333 g/mol. The molecule has 0 heterocycles. The van der Waals surface area contributed by atoms with E-state index < -0.39 is 44.9 Å². The fraction of sp³-hybridized carbons (Fsp3) is 0.385. The molecule has 0 atom stereocenters. The summed E-state index contributed by atoms with van der Waals surface area (Å²) in [4.78, 5) is 33.6. The first kappa shape index (κ1) is 17.8. The summed E-state index contributed by atoms with van der Waals surface area (Å²) >= 11 is 5.69. The van der Waals surface area contributed by atoms with Gasteiger partial charge in [-0.1, -0.05) is 11.6 Å². The fourth-order valence-electron chi connectivity index (χ4n) is 1.71. The summed E-state index contributed by atoms with van der Waals surface area (Å²) in [5, 5.41) is 10.3. The van der Waals surface area contributed by atoms with E-state index >= 15 is 0 Å². The van der Waals surface area contributed by atoms with Crippen LogP contribution in [0.2, 0.25) is 5.02 Å². The Morgan fingerprint density at radius 2 is 1.77 bits per heavy atom. The van der Waals surface area contributed by atoms with Crippen LogP contribution in [0.3, 0.4) is 0 Å². The van der Waals surface area contributed by atoms with Crippen LogP contribution in [0.4, 0.5) is 10.1 Å². The lowest BCUT2D eigenvalue weighted by molar-refractivity contribution is -0.384. The molecule has 120 valence electrons. The van der Waals surface area contributed by atoms with Crippen LogP contribution in [-0.4, -0.2) is 30.1 Å². The number of carbonyl (C=O) groups excluding carboxylic acids is 2. The van der Waals surface area contributed by atoms with Gasteiger partial charge < -0.3 is 9.47 Å². The molecule has 0 spiro atoms. The zero-order valence-electron chi connectivity index (χ0n) is 11.8. The van der Waals surface area contributed by atoms with Crippen LogP contribution in [0.25, 0.3) is 0 Å². The van der Waals surface area contributed by atoms with Gasteiger partial charge in [-0.15, -0.1) is 0 Å². The van der Waals surface area contributed by atoms with Gasteiger partial charge in [-0.3, -0.25) is 19.7 Å². The number of carbonyl (C=O) groups is 2. The molecular formula is C13H13ClFNO6. The highest BCUT2D eigenvalue weighted by Crippen LogP contribution is 2.32. The van der Waals surface area contributed by atoms with Gasteiger partial charge >= 0.3 is 11.9 Å². The van der Waals surface area contributed by atoms with Crippen LogP contribution < -0.4 is 0 Å². The summed E-state index contributed by atoms with van der Waals surface area (Å²) in [6.45, 7) is 2.96. The Kier molecular flexibility index (Phi) is 6.24. The minimum absolute atomic E-state index is 0.0307. The zero-order valence-corrected chi connectivity index (χ0v) is 12.6.